The molecule has 1 saturated heterocycles. The fourth-order valence-corrected chi connectivity index (χ4v) is 4.40. The Bertz CT molecular complexity index is 865. The van der Waals surface area contributed by atoms with E-state index in [1.165, 1.54) is 10.4 Å². The van der Waals surface area contributed by atoms with Gasteiger partial charge in [-0.25, -0.2) is 12.8 Å². The Morgan fingerprint density at radius 3 is 2.48 bits per heavy atom. The van der Waals surface area contributed by atoms with Crippen molar-refractivity contribution in [2.45, 2.75) is 46.2 Å². The van der Waals surface area contributed by atoms with Gasteiger partial charge in [0, 0.05) is 18.7 Å². The zero-order chi connectivity index (χ0) is 20.6. The molecule has 1 aliphatic rings. The topological polar surface area (TPSA) is 69.7 Å². The first-order valence-electron chi connectivity index (χ1n) is 8.89. The lowest BCUT2D eigenvalue weighted by molar-refractivity contribution is -0.118. The lowest BCUT2D eigenvalue weighted by Gasteiger charge is -2.38. The molecule has 6 nitrogen and oxygen atoms in total. The van der Waals surface area contributed by atoms with Gasteiger partial charge in [-0.3, -0.25) is 4.79 Å². The summed E-state index contributed by atoms with van der Waals surface area (Å²) in [6, 6.07) is 3.13. The van der Waals surface area contributed by atoms with Gasteiger partial charge >= 0.3 is 0 Å². The summed E-state index contributed by atoms with van der Waals surface area (Å²) in [6.07, 6.45) is 1.78. The lowest BCUT2D eigenvalue weighted by Crippen LogP contribution is -2.40. The molecule has 1 aromatic carbocycles. The Balaban J connectivity index is 2.39. The molecular weight excluding hydrogens is 369 g/mol. The van der Waals surface area contributed by atoms with Gasteiger partial charge in [0.1, 0.15) is 11.6 Å². The predicted octanol–water partition coefficient (Wildman–Crippen LogP) is 2.44. The number of sulfonamides is 1. The number of nitrogens with zero attached hydrogens (tertiary/aromatic N) is 2. The minimum absolute atomic E-state index is 0.00345. The quantitative estimate of drug-likeness (QED) is 0.767. The molecule has 1 aromatic rings. The summed E-state index contributed by atoms with van der Waals surface area (Å²) in [5.74, 6) is -0.121. The van der Waals surface area contributed by atoms with E-state index in [4.69, 9.17) is 0 Å². The first-order chi connectivity index (χ1) is 12.4. The van der Waals surface area contributed by atoms with Crippen molar-refractivity contribution in [3.05, 3.63) is 47.0 Å². The van der Waals surface area contributed by atoms with Crippen LogP contribution in [0, 0.1) is 12.7 Å². The Kier molecular flexibility index (Phi) is 6.01. The van der Waals surface area contributed by atoms with Crippen LogP contribution in [0.1, 0.15) is 43.9 Å². The van der Waals surface area contributed by atoms with E-state index in [-0.39, 0.29) is 19.0 Å². The van der Waals surface area contributed by atoms with Crippen molar-refractivity contribution in [1.82, 2.24) is 14.5 Å². The molecule has 0 aromatic heterocycles. The van der Waals surface area contributed by atoms with Crippen molar-refractivity contribution in [3.63, 3.8) is 0 Å². The second-order valence-electron chi connectivity index (χ2n) is 7.50. The SMILES string of the molecule is C=C1NC(=O)CN1C(C)(C)c1cc(F)c(CN(CCC)S(C)(=O)=O)cc1C. The monoisotopic (exact) mass is 397 g/mol. The maximum atomic E-state index is 14.9. The summed E-state index contributed by atoms with van der Waals surface area (Å²) >= 11 is 0. The molecule has 0 bridgehead atoms. The van der Waals surface area contributed by atoms with E-state index in [2.05, 4.69) is 11.9 Å². The third kappa shape index (κ3) is 4.50. The highest BCUT2D eigenvalue weighted by molar-refractivity contribution is 7.88. The van der Waals surface area contributed by atoms with Gasteiger partial charge < -0.3 is 10.2 Å². The third-order valence-electron chi connectivity index (χ3n) is 4.93. The van der Waals surface area contributed by atoms with Crippen LogP contribution in [-0.4, -0.2) is 42.9 Å². The van der Waals surface area contributed by atoms with Crippen LogP contribution in [0.4, 0.5) is 4.39 Å². The Morgan fingerprint density at radius 1 is 1.37 bits per heavy atom. The molecular formula is C19H28FN3O3S. The first-order valence-corrected chi connectivity index (χ1v) is 10.7. The summed E-state index contributed by atoms with van der Waals surface area (Å²) in [7, 11) is -3.42. The van der Waals surface area contributed by atoms with E-state index in [1.807, 2.05) is 27.7 Å². The zero-order valence-corrected chi connectivity index (χ0v) is 17.4. The molecule has 1 heterocycles. The molecule has 0 unspecified atom stereocenters. The number of carbonyl (C=O) groups excluding carboxylic acids is 1. The van der Waals surface area contributed by atoms with Crippen molar-refractivity contribution < 1.29 is 17.6 Å². The zero-order valence-electron chi connectivity index (χ0n) is 16.6. The van der Waals surface area contributed by atoms with Gasteiger partial charge in [0.15, 0.2) is 0 Å². The van der Waals surface area contributed by atoms with E-state index in [0.29, 0.717) is 24.4 Å². The molecule has 27 heavy (non-hydrogen) atoms. The Morgan fingerprint density at radius 2 is 2.00 bits per heavy atom. The first kappa shape index (κ1) is 21.4. The van der Waals surface area contributed by atoms with E-state index < -0.39 is 21.4 Å². The van der Waals surface area contributed by atoms with Crippen LogP contribution in [0.5, 0.6) is 0 Å². The van der Waals surface area contributed by atoms with Crippen LogP contribution in [0.25, 0.3) is 0 Å². The van der Waals surface area contributed by atoms with Gasteiger partial charge in [-0.15, -0.1) is 0 Å². The van der Waals surface area contributed by atoms with Gasteiger partial charge in [0.2, 0.25) is 15.9 Å². The van der Waals surface area contributed by atoms with Crippen LogP contribution in [-0.2, 0) is 26.9 Å². The molecule has 0 saturated carbocycles. The summed E-state index contributed by atoms with van der Waals surface area (Å²) in [5, 5.41) is 2.67. The average molecular weight is 398 g/mol. The second-order valence-corrected chi connectivity index (χ2v) is 9.48. The third-order valence-corrected chi connectivity index (χ3v) is 6.18. The maximum absolute atomic E-state index is 14.9. The normalized spacial score (nSPS) is 15.6. The van der Waals surface area contributed by atoms with E-state index in [9.17, 15) is 17.6 Å². The van der Waals surface area contributed by atoms with Crippen molar-refractivity contribution >= 4 is 15.9 Å². The highest BCUT2D eigenvalue weighted by atomic mass is 32.2. The molecule has 0 spiro atoms. The van der Waals surface area contributed by atoms with Crippen LogP contribution in [0.15, 0.2) is 24.5 Å². The van der Waals surface area contributed by atoms with Crippen molar-refractivity contribution in [1.29, 1.82) is 0 Å². The Labute approximate surface area is 161 Å². The van der Waals surface area contributed by atoms with Crippen LogP contribution in [0.2, 0.25) is 0 Å². The van der Waals surface area contributed by atoms with Crippen LogP contribution >= 0.6 is 0 Å². The minimum atomic E-state index is -3.42. The molecule has 0 atom stereocenters. The number of hydrogen-bond donors (Lipinski definition) is 1. The van der Waals surface area contributed by atoms with Gasteiger partial charge in [-0.05, 0) is 44.4 Å². The standard InChI is InChI=1S/C19H28FN3O3S/c1-7-8-22(27(6,25)26)11-15-9-13(2)16(10-17(15)20)19(4,5)23-12-18(24)21-14(23)3/h9-10H,3,7-8,11-12H2,1-2,4-6H3,(H,21,24). The number of hydrogen-bond acceptors (Lipinski definition) is 4. The number of nitrogens with one attached hydrogen (secondary N) is 1. The number of benzene rings is 1. The summed E-state index contributed by atoms with van der Waals surface area (Å²) in [5.41, 5.74) is 1.23. The molecule has 150 valence electrons. The van der Waals surface area contributed by atoms with Gasteiger partial charge in [-0.1, -0.05) is 19.6 Å². The number of carbonyl (C=O) groups is 1. The van der Waals surface area contributed by atoms with Crippen molar-refractivity contribution in [2.24, 2.45) is 0 Å². The number of rotatable bonds is 7. The molecule has 1 amide bonds. The smallest absolute Gasteiger partial charge is 0.245 e. The fraction of sp³-hybridized carbons (Fsp3) is 0.526. The highest BCUT2D eigenvalue weighted by Gasteiger charge is 2.37. The largest absolute Gasteiger partial charge is 0.340 e. The Hall–Kier alpha value is -1.93. The van der Waals surface area contributed by atoms with Crippen LogP contribution < -0.4 is 5.32 Å². The van der Waals surface area contributed by atoms with E-state index in [1.54, 1.807) is 11.0 Å². The van der Waals surface area contributed by atoms with Gasteiger partial charge in [-0.2, -0.15) is 4.31 Å². The van der Waals surface area contributed by atoms with Gasteiger partial charge in [0.05, 0.1) is 18.3 Å². The van der Waals surface area contributed by atoms with Crippen molar-refractivity contribution in [2.75, 3.05) is 19.3 Å². The summed E-state index contributed by atoms with van der Waals surface area (Å²) in [6.45, 7) is 11.9. The van der Waals surface area contributed by atoms with Crippen molar-refractivity contribution in [3.8, 4) is 0 Å². The minimum Gasteiger partial charge on any atom is -0.340 e. The molecule has 8 heteroatoms. The van der Waals surface area contributed by atoms with E-state index >= 15 is 0 Å². The molecule has 1 fully saturated rings. The number of aryl methyl sites for hydroxylation is 1. The molecule has 1 N–H and O–H groups in total. The van der Waals surface area contributed by atoms with Gasteiger partial charge in [0.25, 0.3) is 0 Å². The number of halogens is 1. The average Bonchev–Trinajstić information content (AvgIpc) is 2.88. The van der Waals surface area contributed by atoms with Crippen LogP contribution in [0.3, 0.4) is 0 Å². The molecule has 0 radical (unpaired) electrons. The molecule has 2 rings (SSSR count). The molecule has 1 aliphatic heterocycles. The highest BCUT2D eigenvalue weighted by Crippen LogP contribution is 2.35. The molecule has 0 aliphatic carbocycles. The lowest BCUT2D eigenvalue weighted by atomic mass is 9.87. The summed E-state index contributed by atoms with van der Waals surface area (Å²) in [4.78, 5) is 13.5. The number of amides is 1. The fourth-order valence-electron chi connectivity index (χ4n) is 3.51. The maximum Gasteiger partial charge on any atom is 0.245 e. The van der Waals surface area contributed by atoms with E-state index in [0.717, 1.165) is 17.4 Å². The summed E-state index contributed by atoms with van der Waals surface area (Å²) < 4.78 is 40.0. The second kappa shape index (κ2) is 7.59. The predicted molar refractivity (Wildman–Crippen MR) is 104 cm³/mol.